The Morgan fingerprint density at radius 1 is 1.47 bits per heavy atom. The molecule has 0 aromatic carbocycles. The number of rotatable bonds is 6. The van der Waals surface area contributed by atoms with E-state index in [2.05, 4.69) is 24.3 Å². The molecule has 0 aliphatic heterocycles. The minimum atomic E-state index is 0.631. The second kappa shape index (κ2) is 6.26. The van der Waals surface area contributed by atoms with E-state index in [1.165, 1.54) is 0 Å². The molecule has 0 amide bonds. The lowest BCUT2D eigenvalue weighted by Crippen LogP contribution is -2.19. The molecular weight excluding hydrogens is 262 g/mol. The van der Waals surface area contributed by atoms with Crippen LogP contribution in [0, 0.1) is 12.8 Å². The van der Waals surface area contributed by atoms with Crippen LogP contribution in [0.4, 0.5) is 0 Å². The van der Waals surface area contributed by atoms with Crippen molar-refractivity contribution < 1.29 is 4.42 Å². The van der Waals surface area contributed by atoms with Gasteiger partial charge in [-0.2, -0.15) is 5.10 Å². The van der Waals surface area contributed by atoms with Crippen molar-refractivity contribution in [3.63, 3.8) is 0 Å². The van der Waals surface area contributed by atoms with Crippen molar-refractivity contribution in [1.29, 1.82) is 0 Å². The van der Waals surface area contributed by atoms with Crippen LogP contribution in [0.3, 0.4) is 0 Å². The smallest absolute Gasteiger partial charge is 0.122 e. The molecule has 5 heteroatoms. The highest BCUT2D eigenvalue weighted by Gasteiger charge is 2.09. The fourth-order valence-electron chi connectivity index (χ4n) is 1.89. The van der Waals surface area contributed by atoms with E-state index >= 15 is 0 Å². The van der Waals surface area contributed by atoms with E-state index in [0.717, 1.165) is 30.1 Å². The normalized spacial score (nSPS) is 11.4. The Bertz CT molecular complexity index is 511. The Kier molecular flexibility index (Phi) is 4.66. The molecule has 19 heavy (non-hydrogen) atoms. The third kappa shape index (κ3) is 3.85. The monoisotopic (exact) mass is 281 g/mol. The fraction of sp³-hybridized carbons (Fsp3) is 0.500. The molecule has 2 heterocycles. The molecular formula is C14H20ClN3O. The molecule has 0 aliphatic carbocycles. The lowest BCUT2D eigenvalue weighted by Gasteiger charge is -2.07. The van der Waals surface area contributed by atoms with E-state index in [4.69, 9.17) is 16.0 Å². The molecule has 0 atom stereocenters. The van der Waals surface area contributed by atoms with Crippen LogP contribution >= 0.6 is 11.6 Å². The Labute approximate surface area is 118 Å². The summed E-state index contributed by atoms with van der Waals surface area (Å²) in [5.41, 5.74) is 1.99. The molecule has 1 N–H and O–H groups in total. The van der Waals surface area contributed by atoms with Crippen molar-refractivity contribution in [3.8, 4) is 0 Å². The van der Waals surface area contributed by atoms with Crippen LogP contribution in [-0.2, 0) is 13.1 Å². The highest BCUT2D eigenvalue weighted by atomic mass is 35.5. The number of hydrogen-bond acceptors (Lipinski definition) is 3. The maximum Gasteiger partial charge on any atom is 0.122 e. The first kappa shape index (κ1) is 14.2. The number of nitrogens with one attached hydrogen (secondary N) is 1. The van der Waals surface area contributed by atoms with Crippen LogP contribution in [0.15, 0.2) is 22.9 Å². The maximum atomic E-state index is 6.01. The van der Waals surface area contributed by atoms with E-state index in [1.54, 1.807) is 6.26 Å². The quantitative estimate of drug-likeness (QED) is 0.884. The molecule has 0 saturated carbocycles. The highest BCUT2D eigenvalue weighted by Crippen LogP contribution is 2.16. The Morgan fingerprint density at radius 3 is 2.89 bits per heavy atom. The Balaban J connectivity index is 1.99. The number of furan rings is 1. The van der Waals surface area contributed by atoms with Crippen LogP contribution < -0.4 is 5.32 Å². The molecule has 104 valence electrons. The summed E-state index contributed by atoms with van der Waals surface area (Å²) in [6.45, 7) is 8.68. The third-order valence-corrected chi connectivity index (χ3v) is 3.27. The maximum absolute atomic E-state index is 6.01. The number of halogens is 1. The summed E-state index contributed by atoms with van der Waals surface area (Å²) in [5.74, 6) is 1.59. The fourth-order valence-corrected chi connectivity index (χ4v) is 2.04. The van der Waals surface area contributed by atoms with Gasteiger partial charge < -0.3 is 9.73 Å². The van der Waals surface area contributed by atoms with Crippen molar-refractivity contribution in [2.75, 3.05) is 6.54 Å². The second-order valence-corrected chi connectivity index (χ2v) is 5.56. The topological polar surface area (TPSA) is 43.0 Å². The first-order valence-corrected chi connectivity index (χ1v) is 6.89. The van der Waals surface area contributed by atoms with Gasteiger partial charge in [0.1, 0.15) is 5.76 Å². The van der Waals surface area contributed by atoms with Crippen LogP contribution in [0.25, 0.3) is 0 Å². The Morgan fingerprint density at radius 2 is 2.26 bits per heavy atom. The molecule has 2 aromatic heterocycles. The zero-order valence-electron chi connectivity index (χ0n) is 11.6. The van der Waals surface area contributed by atoms with E-state index in [9.17, 15) is 0 Å². The summed E-state index contributed by atoms with van der Waals surface area (Å²) < 4.78 is 7.36. The largest absolute Gasteiger partial charge is 0.468 e. The summed E-state index contributed by atoms with van der Waals surface area (Å²) in [6, 6.07) is 1.98. The zero-order chi connectivity index (χ0) is 13.8. The lowest BCUT2D eigenvalue weighted by atomic mass is 10.2. The van der Waals surface area contributed by atoms with E-state index in [1.807, 2.05) is 23.9 Å². The minimum absolute atomic E-state index is 0.631. The van der Waals surface area contributed by atoms with Gasteiger partial charge in [-0.05, 0) is 25.5 Å². The number of nitrogens with zero attached hydrogens (tertiary/aromatic N) is 2. The first-order chi connectivity index (χ1) is 9.06. The van der Waals surface area contributed by atoms with Gasteiger partial charge in [-0.3, -0.25) is 4.68 Å². The van der Waals surface area contributed by atoms with Crippen molar-refractivity contribution in [2.24, 2.45) is 5.92 Å². The number of aromatic nitrogens is 2. The highest BCUT2D eigenvalue weighted by molar-refractivity contribution is 6.31. The van der Waals surface area contributed by atoms with Gasteiger partial charge in [-0.25, -0.2) is 0 Å². The SMILES string of the molecule is Cc1nn(Cc2ccoc2CNCC(C)C)cc1Cl. The molecule has 4 nitrogen and oxygen atoms in total. The van der Waals surface area contributed by atoms with Gasteiger partial charge >= 0.3 is 0 Å². The summed E-state index contributed by atoms with van der Waals surface area (Å²) >= 11 is 6.01. The van der Waals surface area contributed by atoms with Crippen LogP contribution in [-0.4, -0.2) is 16.3 Å². The van der Waals surface area contributed by atoms with Crippen molar-refractivity contribution in [2.45, 2.75) is 33.9 Å². The zero-order valence-corrected chi connectivity index (χ0v) is 12.4. The predicted octanol–water partition coefficient (Wildman–Crippen LogP) is 3.23. The van der Waals surface area contributed by atoms with Crippen molar-refractivity contribution >= 4 is 11.6 Å². The minimum Gasteiger partial charge on any atom is -0.468 e. The summed E-state index contributed by atoms with van der Waals surface area (Å²) in [7, 11) is 0. The summed E-state index contributed by atoms with van der Waals surface area (Å²) in [4.78, 5) is 0. The van der Waals surface area contributed by atoms with E-state index < -0.39 is 0 Å². The number of hydrogen-bond donors (Lipinski definition) is 1. The van der Waals surface area contributed by atoms with Crippen molar-refractivity contribution in [1.82, 2.24) is 15.1 Å². The van der Waals surface area contributed by atoms with Gasteiger partial charge in [0.2, 0.25) is 0 Å². The molecule has 0 fully saturated rings. The molecule has 2 rings (SSSR count). The first-order valence-electron chi connectivity index (χ1n) is 6.51. The molecule has 0 aliphatic rings. The van der Waals surface area contributed by atoms with Gasteiger partial charge in [-0.1, -0.05) is 25.4 Å². The van der Waals surface area contributed by atoms with Gasteiger partial charge in [0, 0.05) is 11.8 Å². The van der Waals surface area contributed by atoms with E-state index in [0.29, 0.717) is 17.5 Å². The average Bonchev–Trinajstić information content (AvgIpc) is 2.88. The lowest BCUT2D eigenvalue weighted by molar-refractivity contribution is 0.458. The molecule has 0 saturated heterocycles. The second-order valence-electron chi connectivity index (χ2n) is 5.15. The van der Waals surface area contributed by atoms with Crippen molar-refractivity contribution in [3.05, 3.63) is 40.6 Å². The van der Waals surface area contributed by atoms with E-state index in [-0.39, 0.29) is 0 Å². The summed E-state index contributed by atoms with van der Waals surface area (Å²) in [5, 5.41) is 8.44. The van der Waals surface area contributed by atoms with Crippen LogP contribution in [0.5, 0.6) is 0 Å². The van der Waals surface area contributed by atoms with Gasteiger partial charge in [0.05, 0.1) is 30.1 Å². The Hall–Kier alpha value is -1.26. The standard InChI is InChI=1S/C14H20ClN3O/c1-10(2)6-16-7-14-12(4-5-19-14)8-18-9-13(15)11(3)17-18/h4-5,9-10,16H,6-8H2,1-3H3. The van der Waals surface area contributed by atoms with Gasteiger partial charge in [-0.15, -0.1) is 0 Å². The molecule has 0 spiro atoms. The predicted molar refractivity (Wildman–Crippen MR) is 76.3 cm³/mol. The van der Waals surface area contributed by atoms with Crippen LogP contribution in [0.2, 0.25) is 5.02 Å². The molecule has 2 aromatic rings. The average molecular weight is 282 g/mol. The summed E-state index contributed by atoms with van der Waals surface area (Å²) in [6.07, 6.45) is 3.56. The molecule has 0 radical (unpaired) electrons. The van der Waals surface area contributed by atoms with Gasteiger partial charge in [0.25, 0.3) is 0 Å². The third-order valence-electron chi connectivity index (χ3n) is 2.89. The van der Waals surface area contributed by atoms with Crippen LogP contribution in [0.1, 0.15) is 30.9 Å². The molecule has 0 unspecified atom stereocenters. The van der Waals surface area contributed by atoms with Gasteiger partial charge in [0.15, 0.2) is 0 Å². The number of aryl methyl sites for hydroxylation is 1. The molecule has 0 bridgehead atoms.